The molecule has 0 aliphatic carbocycles. The van der Waals surface area contributed by atoms with Crippen LogP contribution in [0.1, 0.15) is 24.1 Å². The summed E-state index contributed by atoms with van der Waals surface area (Å²) < 4.78 is 5.79. The summed E-state index contributed by atoms with van der Waals surface area (Å²) in [7, 11) is 0. The second-order valence-electron chi connectivity index (χ2n) is 6.92. The lowest BCUT2D eigenvalue weighted by Gasteiger charge is -2.40. The Morgan fingerprint density at radius 1 is 1.21 bits per heavy atom. The summed E-state index contributed by atoms with van der Waals surface area (Å²) in [6.07, 6.45) is 3.26. The maximum absolute atomic E-state index is 13.2. The minimum Gasteiger partial charge on any atom is -0.365 e. The van der Waals surface area contributed by atoms with Crippen molar-refractivity contribution < 1.29 is 9.53 Å². The summed E-state index contributed by atoms with van der Waals surface area (Å²) in [5.74, 6) is 0.590. The summed E-state index contributed by atoms with van der Waals surface area (Å²) >= 11 is 18.5. The van der Waals surface area contributed by atoms with Gasteiger partial charge < -0.3 is 14.5 Å². The molecule has 1 aromatic carbocycles. The molecule has 2 aromatic rings. The Labute approximate surface area is 178 Å². The lowest BCUT2D eigenvalue weighted by Crippen LogP contribution is -2.53. The quantitative estimate of drug-likeness (QED) is 0.710. The molecular weight excluding hydrogens is 423 g/mol. The number of benzene rings is 1. The minimum absolute atomic E-state index is 0.0520. The van der Waals surface area contributed by atoms with Crippen molar-refractivity contribution in [3.63, 3.8) is 0 Å². The van der Waals surface area contributed by atoms with Crippen molar-refractivity contribution in [2.45, 2.75) is 25.5 Å². The van der Waals surface area contributed by atoms with E-state index in [0.29, 0.717) is 53.7 Å². The number of anilines is 1. The van der Waals surface area contributed by atoms with E-state index in [-0.39, 0.29) is 11.9 Å². The molecule has 2 atom stereocenters. The van der Waals surface area contributed by atoms with Crippen molar-refractivity contribution in [3.05, 3.63) is 50.9 Å². The van der Waals surface area contributed by atoms with Crippen LogP contribution in [-0.2, 0) is 16.0 Å². The van der Waals surface area contributed by atoms with Crippen molar-refractivity contribution >= 4 is 46.5 Å². The maximum atomic E-state index is 13.2. The van der Waals surface area contributed by atoms with Crippen LogP contribution < -0.4 is 4.90 Å². The molecule has 28 heavy (non-hydrogen) atoms. The van der Waals surface area contributed by atoms with Crippen LogP contribution in [0.4, 0.5) is 5.82 Å². The molecule has 0 radical (unpaired) electrons. The first-order chi connectivity index (χ1) is 13.4. The van der Waals surface area contributed by atoms with E-state index in [9.17, 15) is 4.79 Å². The Hall–Kier alpha value is -1.60. The molecule has 1 saturated heterocycles. The van der Waals surface area contributed by atoms with Gasteiger partial charge in [0.05, 0.1) is 31.6 Å². The molecule has 0 spiro atoms. The van der Waals surface area contributed by atoms with Gasteiger partial charge in [-0.25, -0.2) is 4.98 Å². The normalized spacial score (nSPS) is 22.1. The number of carbonyl (C=O) groups is 1. The van der Waals surface area contributed by atoms with Gasteiger partial charge in [-0.2, -0.15) is 0 Å². The number of carbonyl (C=O) groups excluding carboxylic acids is 1. The summed E-state index contributed by atoms with van der Waals surface area (Å²) in [6, 6.07) is 3.51. The van der Waals surface area contributed by atoms with E-state index < -0.39 is 6.10 Å². The first-order valence-electron chi connectivity index (χ1n) is 9.06. The Bertz CT molecular complexity index is 911. The molecule has 6 nitrogen and oxygen atoms in total. The summed E-state index contributed by atoms with van der Waals surface area (Å²) in [5, 5.41) is 1.53. The lowest BCUT2D eigenvalue weighted by atomic mass is 9.93. The van der Waals surface area contributed by atoms with Gasteiger partial charge in [0.25, 0.3) is 5.91 Å². The van der Waals surface area contributed by atoms with Gasteiger partial charge in [-0.1, -0.05) is 34.8 Å². The van der Waals surface area contributed by atoms with Gasteiger partial charge in [-0.05, 0) is 36.6 Å². The molecule has 0 bridgehead atoms. The standard InChI is InChI=1S/C19H19Cl3N4O2/c1-11-18-12(6-13(20)7-14(18)21)2-3-26(11)19(27)15-10-25(4-5-28-15)17-9-23-8-16(22)24-17/h6-9,11,15H,2-5,10H2,1H3/t11-,15+/m0/s1. The summed E-state index contributed by atoms with van der Waals surface area (Å²) in [6.45, 7) is 4.04. The molecule has 148 valence electrons. The number of nitrogens with zero attached hydrogens (tertiary/aromatic N) is 4. The average Bonchev–Trinajstić information content (AvgIpc) is 2.67. The summed E-state index contributed by atoms with van der Waals surface area (Å²) in [5.41, 5.74) is 2.05. The molecule has 0 unspecified atom stereocenters. The van der Waals surface area contributed by atoms with E-state index >= 15 is 0 Å². The predicted octanol–water partition coefficient (Wildman–Crippen LogP) is 3.79. The van der Waals surface area contributed by atoms with E-state index in [2.05, 4.69) is 9.97 Å². The van der Waals surface area contributed by atoms with E-state index in [1.165, 1.54) is 6.20 Å². The number of fused-ring (bicyclic) bond motifs is 1. The average molecular weight is 442 g/mol. The Morgan fingerprint density at radius 2 is 2.04 bits per heavy atom. The largest absolute Gasteiger partial charge is 0.365 e. The van der Waals surface area contributed by atoms with E-state index in [0.717, 1.165) is 11.1 Å². The van der Waals surface area contributed by atoms with Gasteiger partial charge in [0.1, 0.15) is 11.0 Å². The fourth-order valence-corrected chi connectivity index (χ4v) is 4.72. The number of rotatable bonds is 2. The van der Waals surface area contributed by atoms with E-state index in [4.69, 9.17) is 39.5 Å². The molecule has 2 aliphatic rings. The van der Waals surface area contributed by atoms with Crippen LogP contribution in [0, 0.1) is 0 Å². The lowest BCUT2D eigenvalue weighted by molar-refractivity contribution is -0.147. The smallest absolute Gasteiger partial charge is 0.254 e. The molecule has 9 heteroatoms. The maximum Gasteiger partial charge on any atom is 0.254 e. The van der Waals surface area contributed by atoms with Crippen LogP contribution >= 0.6 is 34.8 Å². The van der Waals surface area contributed by atoms with Crippen LogP contribution in [0.15, 0.2) is 24.5 Å². The number of aromatic nitrogens is 2. The molecule has 1 aromatic heterocycles. The fraction of sp³-hybridized carbons (Fsp3) is 0.421. The minimum atomic E-state index is -0.579. The number of ether oxygens (including phenoxy) is 1. The molecule has 1 amide bonds. The molecule has 1 fully saturated rings. The molecule has 3 heterocycles. The van der Waals surface area contributed by atoms with Crippen molar-refractivity contribution in [1.29, 1.82) is 0 Å². The molecule has 0 saturated carbocycles. The number of halogens is 3. The first-order valence-corrected chi connectivity index (χ1v) is 10.2. The van der Waals surface area contributed by atoms with Gasteiger partial charge in [-0.3, -0.25) is 9.78 Å². The zero-order valence-corrected chi connectivity index (χ0v) is 17.5. The second kappa shape index (κ2) is 8.03. The Balaban J connectivity index is 1.52. The monoisotopic (exact) mass is 440 g/mol. The number of amides is 1. The molecular formula is C19H19Cl3N4O2. The van der Waals surface area contributed by atoms with Gasteiger partial charge in [0, 0.05) is 23.1 Å². The zero-order valence-electron chi connectivity index (χ0n) is 15.2. The fourth-order valence-electron chi connectivity index (χ4n) is 3.88. The topological polar surface area (TPSA) is 58.6 Å². The van der Waals surface area contributed by atoms with Gasteiger partial charge in [-0.15, -0.1) is 0 Å². The second-order valence-corrected chi connectivity index (χ2v) is 8.15. The third-order valence-corrected chi connectivity index (χ3v) is 5.94. The highest BCUT2D eigenvalue weighted by molar-refractivity contribution is 6.35. The number of morpholine rings is 1. The highest BCUT2D eigenvalue weighted by atomic mass is 35.5. The zero-order chi connectivity index (χ0) is 19.8. The summed E-state index contributed by atoms with van der Waals surface area (Å²) in [4.78, 5) is 25.4. The van der Waals surface area contributed by atoms with Gasteiger partial charge in [0.15, 0.2) is 6.10 Å². The first kappa shape index (κ1) is 19.7. The van der Waals surface area contributed by atoms with Crippen LogP contribution in [0.25, 0.3) is 0 Å². The predicted molar refractivity (Wildman–Crippen MR) is 109 cm³/mol. The van der Waals surface area contributed by atoms with E-state index in [1.807, 2.05) is 22.8 Å². The van der Waals surface area contributed by atoms with Crippen LogP contribution in [0.2, 0.25) is 15.2 Å². The van der Waals surface area contributed by atoms with Crippen molar-refractivity contribution in [2.75, 3.05) is 31.1 Å². The highest BCUT2D eigenvalue weighted by Gasteiger charge is 2.36. The van der Waals surface area contributed by atoms with Crippen LogP contribution in [-0.4, -0.2) is 53.1 Å². The third-order valence-electron chi connectivity index (χ3n) is 5.23. The van der Waals surface area contributed by atoms with Crippen molar-refractivity contribution in [3.8, 4) is 0 Å². The molecule has 2 aliphatic heterocycles. The number of hydrogen-bond acceptors (Lipinski definition) is 5. The Morgan fingerprint density at radius 3 is 2.82 bits per heavy atom. The van der Waals surface area contributed by atoms with E-state index in [1.54, 1.807) is 12.3 Å². The number of hydrogen-bond donors (Lipinski definition) is 0. The molecule has 4 rings (SSSR count). The Kier molecular flexibility index (Phi) is 5.65. The van der Waals surface area contributed by atoms with Crippen LogP contribution in [0.5, 0.6) is 0 Å². The van der Waals surface area contributed by atoms with Crippen LogP contribution in [0.3, 0.4) is 0 Å². The third kappa shape index (κ3) is 3.79. The molecule has 0 N–H and O–H groups in total. The van der Waals surface area contributed by atoms with Gasteiger partial charge >= 0.3 is 0 Å². The van der Waals surface area contributed by atoms with Crippen molar-refractivity contribution in [1.82, 2.24) is 14.9 Å². The SMILES string of the molecule is C[C@H]1c2c(Cl)cc(Cl)cc2CCN1C(=O)[C@H]1CN(c2cncc(Cl)n2)CCO1. The highest BCUT2D eigenvalue weighted by Crippen LogP contribution is 2.37. The van der Waals surface area contributed by atoms with Crippen molar-refractivity contribution in [2.24, 2.45) is 0 Å². The van der Waals surface area contributed by atoms with Gasteiger partial charge in [0.2, 0.25) is 0 Å².